The monoisotopic (exact) mass is 304 g/mol. The summed E-state index contributed by atoms with van der Waals surface area (Å²) in [5.41, 5.74) is 1.06. The highest BCUT2D eigenvalue weighted by molar-refractivity contribution is 9.10. The van der Waals surface area contributed by atoms with Crippen molar-refractivity contribution in [3.8, 4) is 6.07 Å². The molecular formula is C14H13BrN2O. The molecule has 0 atom stereocenters. The molecule has 0 aliphatic carbocycles. The molecule has 0 aromatic heterocycles. The van der Waals surface area contributed by atoms with Crippen molar-refractivity contribution in [1.29, 1.82) is 5.26 Å². The summed E-state index contributed by atoms with van der Waals surface area (Å²) in [5, 5.41) is 9.11. The van der Waals surface area contributed by atoms with Crippen molar-refractivity contribution in [3.05, 3.63) is 39.9 Å². The van der Waals surface area contributed by atoms with Gasteiger partial charge in [-0.25, -0.2) is 0 Å². The molecule has 4 heteroatoms. The molecule has 0 unspecified atom stereocenters. The molecule has 3 nitrogen and oxygen atoms in total. The van der Waals surface area contributed by atoms with E-state index in [0.717, 1.165) is 36.0 Å². The van der Waals surface area contributed by atoms with Gasteiger partial charge in [0.15, 0.2) is 0 Å². The first-order valence-corrected chi connectivity index (χ1v) is 6.66. The van der Waals surface area contributed by atoms with Crippen LogP contribution in [0.25, 0.3) is 6.08 Å². The molecule has 0 radical (unpaired) electrons. The maximum atomic E-state index is 12.1. The van der Waals surface area contributed by atoms with Crippen molar-refractivity contribution in [2.45, 2.75) is 12.8 Å². The Bertz CT molecular complexity index is 525. The van der Waals surface area contributed by atoms with Crippen LogP contribution in [0.15, 0.2) is 34.3 Å². The lowest BCUT2D eigenvalue weighted by molar-refractivity contribution is -0.125. The molecule has 1 aromatic rings. The highest BCUT2D eigenvalue weighted by atomic mass is 79.9. The fourth-order valence-corrected chi connectivity index (χ4v) is 2.41. The van der Waals surface area contributed by atoms with Gasteiger partial charge in [-0.2, -0.15) is 5.26 Å². The highest BCUT2D eigenvalue weighted by Gasteiger charge is 2.21. The van der Waals surface area contributed by atoms with E-state index in [9.17, 15) is 4.79 Å². The minimum Gasteiger partial charge on any atom is -0.338 e. The summed E-state index contributed by atoms with van der Waals surface area (Å²) in [4.78, 5) is 13.8. The van der Waals surface area contributed by atoms with E-state index in [-0.39, 0.29) is 11.5 Å². The third-order valence-electron chi connectivity index (χ3n) is 2.90. The number of carbonyl (C=O) groups excluding carboxylic acids is 1. The summed E-state index contributed by atoms with van der Waals surface area (Å²) in [6.45, 7) is 1.52. The Morgan fingerprint density at radius 3 is 2.72 bits per heavy atom. The van der Waals surface area contributed by atoms with Crippen molar-refractivity contribution in [1.82, 2.24) is 4.90 Å². The Morgan fingerprint density at radius 2 is 2.11 bits per heavy atom. The van der Waals surface area contributed by atoms with E-state index in [2.05, 4.69) is 15.9 Å². The third-order valence-corrected chi connectivity index (χ3v) is 3.40. The summed E-state index contributed by atoms with van der Waals surface area (Å²) in [7, 11) is 0. The summed E-state index contributed by atoms with van der Waals surface area (Å²) in [6, 6.07) is 9.55. The molecular weight excluding hydrogens is 292 g/mol. The number of rotatable bonds is 2. The van der Waals surface area contributed by atoms with Crippen molar-refractivity contribution in [2.24, 2.45) is 0 Å². The van der Waals surface area contributed by atoms with Crippen molar-refractivity contribution < 1.29 is 4.79 Å². The van der Waals surface area contributed by atoms with Crippen LogP contribution in [0.3, 0.4) is 0 Å². The van der Waals surface area contributed by atoms with E-state index in [1.807, 2.05) is 30.3 Å². The number of nitrogens with zero attached hydrogens (tertiary/aromatic N) is 2. The van der Waals surface area contributed by atoms with Crippen molar-refractivity contribution in [3.63, 3.8) is 0 Å². The van der Waals surface area contributed by atoms with E-state index in [1.54, 1.807) is 11.0 Å². The topological polar surface area (TPSA) is 44.1 Å². The molecule has 1 aromatic carbocycles. The smallest absolute Gasteiger partial charge is 0.264 e. The average Bonchev–Trinajstić information content (AvgIpc) is 2.89. The summed E-state index contributed by atoms with van der Waals surface area (Å²) in [5.74, 6) is -0.157. The van der Waals surface area contributed by atoms with E-state index in [4.69, 9.17) is 5.26 Å². The molecule has 1 saturated heterocycles. The predicted octanol–water partition coefficient (Wildman–Crippen LogP) is 2.98. The second-order valence-corrected chi connectivity index (χ2v) is 5.14. The first-order chi connectivity index (χ1) is 8.70. The predicted molar refractivity (Wildman–Crippen MR) is 73.5 cm³/mol. The summed E-state index contributed by atoms with van der Waals surface area (Å²) in [6.07, 6.45) is 3.70. The van der Waals surface area contributed by atoms with Crippen LogP contribution >= 0.6 is 15.9 Å². The zero-order valence-corrected chi connectivity index (χ0v) is 11.5. The maximum absolute atomic E-state index is 12.1. The molecule has 1 fully saturated rings. The molecule has 1 amide bonds. The zero-order valence-electron chi connectivity index (χ0n) is 9.90. The van der Waals surface area contributed by atoms with E-state index >= 15 is 0 Å². The fourth-order valence-electron chi connectivity index (χ4n) is 2.00. The first-order valence-electron chi connectivity index (χ1n) is 5.87. The Hall–Kier alpha value is -1.60. The van der Waals surface area contributed by atoms with Gasteiger partial charge in [0.25, 0.3) is 5.91 Å². The molecule has 0 spiro atoms. The summed E-state index contributed by atoms with van der Waals surface area (Å²) < 4.78 is 0.933. The lowest BCUT2D eigenvalue weighted by Crippen LogP contribution is -2.28. The van der Waals surface area contributed by atoms with Crippen molar-refractivity contribution >= 4 is 27.9 Å². The maximum Gasteiger partial charge on any atom is 0.264 e. The molecule has 92 valence electrons. The Morgan fingerprint density at radius 1 is 1.39 bits per heavy atom. The Labute approximate surface area is 115 Å². The first kappa shape index (κ1) is 12.8. The van der Waals surface area contributed by atoms with Crippen LogP contribution in [-0.4, -0.2) is 23.9 Å². The van der Waals surface area contributed by atoms with Gasteiger partial charge >= 0.3 is 0 Å². The van der Waals surface area contributed by atoms with Gasteiger partial charge in [0, 0.05) is 17.6 Å². The van der Waals surface area contributed by atoms with Gasteiger partial charge in [-0.05, 0) is 36.6 Å². The molecule has 1 aliphatic rings. The number of benzene rings is 1. The lowest BCUT2D eigenvalue weighted by atomic mass is 10.1. The van der Waals surface area contributed by atoms with Gasteiger partial charge in [-0.3, -0.25) is 4.79 Å². The molecule has 18 heavy (non-hydrogen) atoms. The minimum absolute atomic E-state index is 0.157. The quantitative estimate of drug-likeness (QED) is 0.623. The van der Waals surface area contributed by atoms with Gasteiger partial charge in [-0.15, -0.1) is 0 Å². The SMILES string of the molecule is N#CC(=Cc1cccc(Br)c1)C(=O)N1CCCC1. The number of halogens is 1. The van der Waals surface area contributed by atoms with E-state index < -0.39 is 0 Å². The van der Waals surface area contributed by atoms with Crippen LogP contribution < -0.4 is 0 Å². The van der Waals surface area contributed by atoms with Gasteiger partial charge in [0.2, 0.25) is 0 Å². The second kappa shape index (κ2) is 5.83. The van der Waals surface area contributed by atoms with Gasteiger partial charge in [-0.1, -0.05) is 28.1 Å². The summed E-state index contributed by atoms with van der Waals surface area (Å²) >= 11 is 3.37. The number of likely N-dealkylation sites (tertiary alicyclic amines) is 1. The molecule has 1 aliphatic heterocycles. The number of nitriles is 1. The van der Waals surface area contributed by atoms with Crippen LogP contribution in [0.4, 0.5) is 0 Å². The van der Waals surface area contributed by atoms with Crippen LogP contribution in [0.1, 0.15) is 18.4 Å². The number of amides is 1. The second-order valence-electron chi connectivity index (χ2n) is 4.22. The highest BCUT2D eigenvalue weighted by Crippen LogP contribution is 2.17. The third kappa shape index (κ3) is 2.99. The van der Waals surface area contributed by atoms with E-state index in [0.29, 0.717) is 0 Å². The number of carbonyl (C=O) groups is 1. The lowest BCUT2D eigenvalue weighted by Gasteiger charge is -2.14. The average molecular weight is 305 g/mol. The molecule has 0 bridgehead atoms. The molecule has 2 rings (SSSR count). The minimum atomic E-state index is -0.157. The van der Waals surface area contributed by atoms with Gasteiger partial charge in [0.05, 0.1) is 0 Å². The van der Waals surface area contributed by atoms with Crippen molar-refractivity contribution in [2.75, 3.05) is 13.1 Å². The van der Waals surface area contributed by atoms with Gasteiger partial charge < -0.3 is 4.90 Å². The Kier molecular flexibility index (Phi) is 4.16. The van der Waals surface area contributed by atoms with Crippen LogP contribution in [0.2, 0.25) is 0 Å². The van der Waals surface area contributed by atoms with Gasteiger partial charge in [0.1, 0.15) is 11.6 Å². The Balaban J connectivity index is 2.23. The standard InChI is InChI=1S/C14H13BrN2O/c15-13-5-3-4-11(9-13)8-12(10-16)14(18)17-6-1-2-7-17/h3-5,8-9H,1-2,6-7H2. The molecule has 0 N–H and O–H groups in total. The van der Waals surface area contributed by atoms with Crippen LogP contribution in [0.5, 0.6) is 0 Å². The number of hydrogen-bond acceptors (Lipinski definition) is 2. The largest absolute Gasteiger partial charge is 0.338 e. The van der Waals surface area contributed by atoms with Crippen LogP contribution in [0, 0.1) is 11.3 Å². The molecule has 0 saturated carbocycles. The normalized spacial score (nSPS) is 15.6. The number of hydrogen-bond donors (Lipinski definition) is 0. The fraction of sp³-hybridized carbons (Fsp3) is 0.286. The van der Waals surface area contributed by atoms with Crippen LogP contribution in [-0.2, 0) is 4.79 Å². The zero-order chi connectivity index (χ0) is 13.0. The van der Waals surface area contributed by atoms with E-state index in [1.165, 1.54) is 0 Å². The molecule has 1 heterocycles.